The molecule has 1 amide bonds. The maximum absolute atomic E-state index is 12.4. The van der Waals surface area contributed by atoms with Crippen LogP contribution in [0.15, 0.2) is 18.2 Å². The molecule has 0 aromatic heterocycles. The number of piperidine rings is 1. The number of nitrogens with one attached hydrogen (secondary N) is 2. The molecule has 2 unspecified atom stereocenters. The van der Waals surface area contributed by atoms with Crippen molar-refractivity contribution in [1.29, 1.82) is 0 Å². The second-order valence-corrected chi connectivity index (χ2v) is 5.51. The predicted molar refractivity (Wildman–Crippen MR) is 82.0 cm³/mol. The van der Waals surface area contributed by atoms with Crippen LogP contribution >= 0.6 is 0 Å². The van der Waals surface area contributed by atoms with E-state index in [0.717, 1.165) is 19.5 Å². The highest BCUT2D eigenvalue weighted by molar-refractivity contribution is 5.97. The summed E-state index contributed by atoms with van der Waals surface area (Å²) in [7, 11) is 3.14. The number of ether oxygens (including phenoxy) is 2. The lowest BCUT2D eigenvalue weighted by atomic mass is 9.88. The van der Waals surface area contributed by atoms with Crippen LogP contribution in [0.1, 0.15) is 23.7 Å². The van der Waals surface area contributed by atoms with E-state index in [4.69, 9.17) is 9.47 Å². The molecular weight excluding hydrogens is 268 g/mol. The van der Waals surface area contributed by atoms with E-state index in [1.54, 1.807) is 32.4 Å². The molecule has 1 aromatic carbocycles. The highest BCUT2D eigenvalue weighted by Gasteiger charge is 2.22. The van der Waals surface area contributed by atoms with Crippen molar-refractivity contribution in [3.63, 3.8) is 0 Å². The summed E-state index contributed by atoms with van der Waals surface area (Å²) in [4.78, 5) is 12.4. The third kappa shape index (κ3) is 3.88. The van der Waals surface area contributed by atoms with Gasteiger partial charge in [-0.3, -0.25) is 4.79 Å². The van der Waals surface area contributed by atoms with Crippen molar-refractivity contribution in [1.82, 2.24) is 10.6 Å². The highest BCUT2D eigenvalue weighted by Crippen LogP contribution is 2.24. The van der Waals surface area contributed by atoms with Crippen LogP contribution in [0.4, 0.5) is 0 Å². The molecule has 1 fully saturated rings. The molecule has 0 saturated carbocycles. The number of carbonyl (C=O) groups excluding carboxylic acids is 1. The molecular formula is C16H24N2O3. The molecule has 2 atom stereocenters. The molecule has 1 aliphatic heterocycles. The summed E-state index contributed by atoms with van der Waals surface area (Å²) in [6, 6.07) is 5.23. The molecule has 5 heteroatoms. The van der Waals surface area contributed by atoms with Gasteiger partial charge in [0.05, 0.1) is 19.8 Å². The summed E-state index contributed by atoms with van der Waals surface area (Å²) in [5.41, 5.74) is 0.508. The molecule has 0 spiro atoms. The number of rotatable bonds is 5. The van der Waals surface area contributed by atoms with Gasteiger partial charge in [0.25, 0.3) is 5.91 Å². The molecule has 2 N–H and O–H groups in total. The first-order chi connectivity index (χ1) is 10.2. The molecule has 2 rings (SSSR count). The van der Waals surface area contributed by atoms with Crippen LogP contribution in [0, 0.1) is 11.8 Å². The molecule has 0 radical (unpaired) electrons. The SMILES string of the molecule is COc1ccc(OC)c(C(=O)NCC2CNCCC2C)c1. The van der Waals surface area contributed by atoms with Gasteiger partial charge in [0.2, 0.25) is 0 Å². The Morgan fingerprint density at radius 3 is 2.86 bits per heavy atom. The first-order valence-corrected chi connectivity index (χ1v) is 7.36. The van der Waals surface area contributed by atoms with Gasteiger partial charge < -0.3 is 20.1 Å². The van der Waals surface area contributed by atoms with E-state index in [-0.39, 0.29) is 5.91 Å². The Kier molecular flexibility index (Phi) is 5.44. The van der Waals surface area contributed by atoms with Crippen LogP contribution < -0.4 is 20.1 Å². The van der Waals surface area contributed by atoms with Gasteiger partial charge in [0.1, 0.15) is 11.5 Å². The van der Waals surface area contributed by atoms with E-state index in [0.29, 0.717) is 35.4 Å². The van der Waals surface area contributed by atoms with Crippen molar-refractivity contribution in [2.75, 3.05) is 33.9 Å². The van der Waals surface area contributed by atoms with Gasteiger partial charge in [-0.25, -0.2) is 0 Å². The number of carbonyl (C=O) groups is 1. The van der Waals surface area contributed by atoms with Gasteiger partial charge in [-0.15, -0.1) is 0 Å². The topological polar surface area (TPSA) is 59.6 Å². The minimum absolute atomic E-state index is 0.122. The zero-order valence-electron chi connectivity index (χ0n) is 12.9. The number of benzene rings is 1. The molecule has 0 aliphatic carbocycles. The fourth-order valence-electron chi connectivity index (χ4n) is 2.64. The number of methoxy groups -OCH3 is 2. The first-order valence-electron chi connectivity index (χ1n) is 7.36. The van der Waals surface area contributed by atoms with Crippen molar-refractivity contribution in [3.05, 3.63) is 23.8 Å². The van der Waals surface area contributed by atoms with Gasteiger partial charge in [-0.1, -0.05) is 6.92 Å². The van der Waals surface area contributed by atoms with E-state index >= 15 is 0 Å². The van der Waals surface area contributed by atoms with Gasteiger partial charge in [-0.05, 0) is 49.5 Å². The average molecular weight is 292 g/mol. The third-order valence-corrected chi connectivity index (χ3v) is 4.16. The van der Waals surface area contributed by atoms with Crippen LogP contribution in [0.3, 0.4) is 0 Å². The molecule has 1 saturated heterocycles. The summed E-state index contributed by atoms with van der Waals surface area (Å²) in [6.45, 7) is 4.93. The van der Waals surface area contributed by atoms with Crippen molar-refractivity contribution >= 4 is 5.91 Å². The maximum atomic E-state index is 12.4. The van der Waals surface area contributed by atoms with E-state index in [1.807, 2.05) is 0 Å². The minimum atomic E-state index is -0.122. The summed E-state index contributed by atoms with van der Waals surface area (Å²) in [5.74, 6) is 2.18. The Morgan fingerprint density at radius 2 is 2.19 bits per heavy atom. The predicted octanol–water partition coefficient (Wildman–Crippen LogP) is 1.68. The largest absolute Gasteiger partial charge is 0.497 e. The number of hydrogen-bond acceptors (Lipinski definition) is 4. The summed E-state index contributed by atoms with van der Waals surface area (Å²) < 4.78 is 10.4. The molecule has 5 nitrogen and oxygen atoms in total. The lowest BCUT2D eigenvalue weighted by Crippen LogP contribution is -2.42. The Balaban J connectivity index is 2.02. The molecule has 116 valence electrons. The molecule has 1 aliphatic rings. The van der Waals surface area contributed by atoms with Crippen LogP contribution in [-0.2, 0) is 0 Å². The van der Waals surface area contributed by atoms with Gasteiger partial charge in [0.15, 0.2) is 0 Å². The fraction of sp³-hybridized carbons (Fsp3) is 0.562. The van der Waals surface area contributed by atoms with Crippen LogP contribution in [-0.4, -0.2) is 39.8 Å². The smallest absolute Gasteiger partial charge is 0.255 e. The van der Waals surface area contributed by atoms with E-state index in [2.05, 4.69) is 17.6 Å². The average Bonchev–Trinajstić information content (AvgIpc) is 2.53. The summed E-state index contributed by atoms with van der Waals surface area (Å²) in [6.07, 6.45) is 1.16. The van der Waals surface area contributed by atoms with Crippen LogP contribution in [0.5, 0.6) is 11.5 Å². The van der Waals surface area contributed by atoms with Crippen molar-refractivity contribution in [2.24, 2.45) is 11.8 Å². The van der Waals surface area contributed by atoms with Gasteiger partial charge in [0, 0.05) is 6.54 Å². The molecule has 1 heterocycles. The minimum Gasteiger partial charge on any atom is -0.497 e. The first kappa shape index (κ1) is 15.6. The zero-order chi connectivity index (χ0) is 15.2. The maximum Gasteiger partial charge on any atom is 0.255 e. The molecule has 1 aromatic rings. The molecule has 0 bridgehead atoms. The van der Waals surface area contributed by atoms with E-state index < -0.39 is 0 Å². The Bertz CT molecular complexity index is 490. The standard InChI is InChI=1S/C16H24N2O3/c1-11-6-7-17-9-12(11)10-18-16(19)14-8-13(20-2)4-5-15(14)21-3/h4-5,8,11-12,17H,6-7,9-10H2,1-3H3,(H,18,19). The summed E-state index contributed by atoms with van der Waals surface area (Å²) in [5, 5.41) is 6.38. The van der Waals surface area contributed by atoms with Crippen LogP contribution in [0.25, 0.3) is 0 Å². The van der Waals surface area contributed by atoms with Gasteiger partial charge in [-0.2, -0.15) is 0 Å². The molecule has 21 heavy (non-hydrogen) atoms. The zero-order valence-corrected chi connectivity index (χ0v) is 12.9. The van der Waals surface area contributed by atoms with Crippen LogP contribution in [0.2, 0.25) is 0 Å². The highest BCUT2D eigenvalue weighted by atomic mass is 16.5. The quantitative estimate of drug-likeness (QED) is 0.867. The Morgan fingerprint density at radius 1 is 1.38 bits per heavy atom. The Labute approximate surface area is 126 Å². The van der Waals surface area contributed by atoms with Crippen molar-refractivity contribution in [2.45, 2.75) is 13.3 Å². The van der Waals surface area contributed by atoms with Gasteiger partial charge >= 0.3 is 0 Å². The number of hydrogen-bond donors (Lipinski definition) is 2. The Hall–Kier alpha value is -1.75. The second-order valence-electron chi connectivity index (χ2n) is 5.51. The lowest BCUT2D eigenvalue weighted by Gasteiger charge is -2.29. The van der Waals surface area contributed by atoms with Crippen molar-refractivity contribution in [3.8, 4) is 11.5 Å². The second kappa shape index (κ2) is 7.31. The fourth-order valence-corrected chi connectivity index (χ4v) is 2.64. The summed E-state index contributed by atoms with van der Waals surface area (Å²) >= 11 is 0. The van der Waals surface area contributed by atoms with E-state index in [1.165, 1.54) is 0 Å². The van der Waals surface area contributed by atoms with Crippen molar-refractivity contribution < 1.29 is 14.3 Å². The monoisotopic (exact) mass is 292 g/mol. The van der Waals surface area contributed by atoms with E-state index in [9.17, 15) is 4.79 Å². The number of amides is 1. The lowest BCUT2D eigenvalue weighted by molar-refractivity contribution is 0.0935. The normalized spacial score (nSPS) is 21.7. The third-order valence-electron chi connectivity index (χ3n) is 4.16.